The number of esters is 2. The zero-order valence-corrected chi connectivity index (χ0v) is 46.8. The van der Waals surface area contributed by atoms with Crippen LogP contribution in [0.1, 0.15) is 136 Å². The molecule has 19 heteroatoms. The highest BCUT2D eigenvalue weighted by molar-refractivity contribution is 5.73. The van der Waals surface area contributed by atoms with Crippen LogP contribution in [-0.4, -0.2) is 227 Å². The van der Waals surface area contributed by atoms with E-state index in [-0.39, 0.29) is 43.6 Å². The van der Waals surface area contributed by atoms with Crippen molar-refractivity contribution < 1.29 is 79.6 Å². The third kappa shape index (κ3) is 16.2. The van der Waals surface area contributed by atoms with Gasteiger partial charge in [0.05, 0.1) is 59.7 Å². The number of nitrogens with zero attached hydrogens (tertiary/aromatic N) is 3. The Hall–Kier alpha value is -1.66. The van der Waals surface area contributed by atoms with Crippen molar-refractivity contribution in [1.82, 2.24) is 14.7 Å². The number of aliphatic hydroxyl groups is 10. The Morgan fingerprint density at radius 1 is 0.606 bits per heavy atom. The highest BCUT2D eigenvalue weighted by atomic mass is 16.7. The number of cyclic esters (lactones) is 2. The first-order valence-corrected chi connectivity index (χ1v) is 26.1. The molecule has 3 heterocycles. The van der Waals surface area contributed by atoms with E-state index in [4.69, 9.17) is 18.9 Å². The van der Waals surface area contributed by atoms with Gasteiger partial charge < -0.3 is 84.7 Å². The average molecular weight is 1020 g/mol. The average Bonchev–Trinajstić information content (AvgIpc) is 3.28. The summed E-state index contributed by atoms with van der Waals surface area (Å²) < 4.78 is 23.8. The molecule has 0 aromatic rings. The molecule has 10 N–H and O–H groups in total. The van der Waals surface area contributed by atoms with Crippen molar-refractivity contribution in [3.8, 4) is 0 Å². The smallest absolute Gasteiger partial charge is 0.311 e. The van der Waals surface area contributed by atoms with Crippen molar-refractivity contribution in [2.45, 2.75) is 244 Å². The molecule has 0 aromatic heterocycles. The monoisotopic (exact) mass is 1020 g/mol. The molecule has 0 radical (unpaired) electrons. The van der Waals surface area contributed by atoms with E-state index >= 15 is 0 Å². The highest BCUT2D eigenvalue weighted by Crippen LogP contribution is 2.37. The van der Waals surface area contributed by atoms with Gasteiger partial charge in [0.1, 0.15) is 35.6 Å². The summed E-state index contributed by atoms with van der Waals surface area (Å²) in [5, 5.41) is 111. The number of carbonyl (C=O) groups is 2. The van der Waals surface area contributed by atoms with Crippen LogP contribution in [0.15, 0.2) is 0 Å². The summed E-state index contributed by atoms with van der Waals surface area (Å²) in [6.07, 6.45) is -9.81. The first kappa shape index (κ1) is 65.5. The van der Waals surface area contributed by atoms with Crippen LogP contribution < -0.4 is 0 Å². The quantitative estimate of drug-likeness (QED) is 0.175. The van der Waals surface area contributed by atoms with E-state index in [2.05, 4.69) is 0 Å². The summed E-state index contributed by atoms with van der Waals surface area (Å²) in [6, 6.07) is -1.20. The van der Waals surface area contributed by atoms with Crippen molar-refractivity contribution in [2.75, 3.05) is 41.3 Å². The van der Waals surface area contributed by atoms with Crippen LogP contribution in [0, 0.1) is 35.5 Å². The van der Waals surface area contributed by atoms with Gasteiger partial charge in [-0.25, -0.2) is 0 Å². The van der Waals surface area contributed by atoms with E-state index in [1.807, 2.05) is 56.7 Å². The van der Waals surface area contributed by atoms with E-state index in [1.54, 1.807) is 62.3 Å². The van der Waals surface area contributed by atoms with Gasteiger partial charge in [0.2, 0.25) is 0 Å². The summed E-state index contributed by atoms with van der Waals surface area (Å²) in [7, 11) is 7.36. The Bertz CT molecular complexity index is 1640. The van der Waals surface area contributed by atoms with Crippen LogP contribution in [0.3, 0.4) is 0 Å². The van der Waals surface area contributed by atoms with Crippen LogP contribution in [0.4, 0.5) is 0 Å². The number of likely N-dealkylation sites (N-methyl/N-ethyl adjacent to an activating group) is 3. The Morgan fingerprint density at radius 3 is 1.37 bits per heavy atom. The first-order valence-electron chi connectivity index (χ1n) is 26.1. The van der Waals surface area contributed by atoms with E-state index in [0.29, 0.717) is 19.5 Å². The second-order valence-electron chi connectivity index (χ2n) is 23.5. The third-order valence-corrected chi connectivity index (χ3v) is 16.5. The zero-order chi connectivity index (χ0) is 55.2. The number of ether oxygens (including phenoxy) is 4. The molecule has 0 spiro atoms. The number of rotatable bonds is 5. The lowest BCUT2D eigenvalue weighted by Gasteiger charge is -2.44. The second kappa shape index (κ2) is 26.4. The molecule has 0 amide bonds. The topological polar surface area (TPSA) is 283 Å². The molecule has 3 aliphatic heterocycles. The standard InChI is InChI=1S/C30H58N2O9.C22H43NO7/c1-12-22-30(8,38)27(35)19(5)32(11)15-16(2)14-29(7,37)26(34)17(3)25(18(4)28(36)40-22)41-23-13-21(31(9)10)24(33)20(6)39-23;1-9-16-22(7,29)19(26)15(5)23(8)11-12(2)10-21(6,28)18(25)13(3)17(24)14(4)20(27)30-16/h16-27,33-35,37-38H,12-15H2,1-11H3;12-19,24-26,28-29H,9-11H2,1-8H3/t16-,17+,18-,19-,20?,21?,22-,23+,24-,25+,26-,27-,29-,30-;12-,13+,14-,15-,16-,17+,18-,19-,21-,22-/m11/s1. The SMILES string of the molecule is CC[C@H]1OC(=O)[C@H](C)[C@@H](O)[C@H](C)[C@@H](O)[C@](C)(O)C[C@@H](C)CN(C)[C@H](C)[C@@H](O)[C@]1(C)O.CC[C@H]1OC(=O)[C@H](C)[C@@H](O[C@H]2CC(N(C)C)[C@H](O)C(C)O2)[C@H](C)[C@@H](O)[C@](C)(O)C[C@@H](C)CN(C)[C@H](C)[C@@H](O)[C@]1(C)O. The van der Waals surface area contributed by atoms with Gasteiger partial charge in [0, 0.05) is 49.5 Å². The Morgan fingerprint density at radius 2 is 0.986 bits per heavy atom. The molecule has 2 unspecified atom stereocenters. The molecule has 420 valence electrons. The summed E-state index contributed by atoms with van der Waals surface area (Å²) >= 11 is 0. The summed E-state index contributed by atoms with van der Waals surface area (Å²) in [5.41, 5.74) is -6.45. The lowest BCUT2D eigenvalue weighted by molar-refractivity contribution is -0.269. The van der Waals surface area contributed by atoms with Crippen LogP contribution in [-0.2, 0) is 28.5 Å². The van der Waals surface area contributed by atoms with Gasteiger partial charge in [-0.1, -0.05) is 41.5 Å². The maximum absolute atomic E-state index is 13.6. The van der Waals surface area contributed by atoms with Crippen LogP contribution in [0.2, 0.25) is 0 Å². The van der Waals surface area contributed by atoms with Crippen LogP contribution in [0.25, 0.3) is 0 Å². The van der Waals surface area contributed by atoms with Gasteiger partial charge in [-0.05, 0) is 128 Å². The third-order valence-electron chi connectivity index (χ3n) is 16.5. The molecular formula is C52H101N3O16. The Labute approximate surface area is 425 Å². The molecule has 3 saturated heterocycles. The minimum absolute atomic E-state index is 0.0500. The second-order valence-corrected chi connectivity index (χ2v) is 23.5. The summed E-state index contributed by atoms with van der Waals surface area (Å²) in [6.45, 7) is 26.2. The van der Waals surface area contributed by atoms with Gasteiger partial charge in [0.15, 0.2) is 6.29 Å². The maximum Gasteiger partial charge on any atom is 0.311 e. The fraction of sp³-hybridized carbons (Fsp3) is 0.962. The predicted octanol–water partition coefficient (Wildman–Crippen LogP) is 1.50. The van der Waals surface area contributed by atoms with Gasteiger partial charge in [-0.3, -0.25) is 9.59 Å². The van der Waals surface area contributed by atoms with Crippen molar-refractivity contribution in [2.24, 2.45) is 35.5 Å². The van der Waals surface area contributed by atoms with Gasteiger partial charge in [0.25, 0.3) is 0 Å². The van der Waals surface area contributed by atoms with Crippen LogP contribution >= 0.6 is 0 Å². The molecule has 19 nitrogen and oxygen atoms in total. The molecule has 0 saturated carbocycles. The summed E-state index contributed by atoms with van der Waals surface area (Å²) in [4.78, 5) is 32.0. The maximum atomic E-state index is 13.6. The molecule has 71 heavy (non-hydrogen) atoms. The number of hydrogen-bond donors (Lipinski definition) is 10. The van der Waals surface area contributed by atoms with Crippen molar-refractivity contribution >= 4 is 11.9 Å². The van der Waals surface area contributed by atoms with Crippen LogP contribution in [0.5, 0.6) is 0 Å². The van der Waals surface area contributed by atoms with Gasteiger partial charge in [-0.15, -0.1) is 0 Å². The fourth-order valence-corrected chi connectivity index (χ4v) is 11.4. The normalized spacial score (nSPS) is 48.4. The Balaban J connectivity index is 0.000000512. The van der Waals surface area contributed by atoms with E-state index in [0.717, 1.165) is 0 Å². The molecule has 24 atom stereocenters. The fourth-order valence-electron chi connectivity index (χ4n) is 11.4. The lowest BCUT2D eigenvalue weighted by atomic mass is 9.78. The molecule has 0 aromatic carbocycles. The zero-order valence-electron chi connectivity index (χ0n) is 46.8. The molecule has 3 fully saturated rings. The first-order chi connectivity index (χ1) is 32.3. The van der Waals surface area contributed by atoms with E-state index in [1.165, 1.54) is 27.7 Å². The molecular weight excluding hydrogens is 923 g/mol. The minimum atomic E-state index is -1.74. The predicted molar refractivity (Wildman–Crippen MR) is 269 cm³/mol. The Kier molecular flexibility index (Phi) is 24.3. The lowest BCUT2D eigenvalue weighted by Crippen LogP contribution is -2.59. The van der Waals surface area contributed by atoms with Crippen molar-refractivity contribution in [3.05, 3.63) is 0 Å². The largest absolute Gasteiger partial charge is 0.459 e. The molecule has 0 aliphatic carbocycles. The summed E-state index contributed by atoms with van der Waals surface area (Å²) in [5.74, 6) is -4.96. The number of carbonyl (C=O) groups excluding carboxylic acids is 2. The van der Waals surface area contributed by atoms with Gasteiger partial charge >= 0.3 is 11.9 Å². The highest BCUT2D eigenvalue weighted by Gasteiger charge is 2.50. The molecule has 0 bridgehead atoms. The molecule has 3 aliphatic rings. The minimum Gasteiger partial charge on any atom is -0.459 e. The van der Waals surface area contributed by atoms with E-state index in [9.17, 15) is 60.7 Å². The van der Waals surface area contributed by atoms with Crippen molar-refractivity contribution in [3.63, 3.8) is 0 Å². The van der Waals surface area contributed by atoms with Crippen molar-refractivity contribution in [1.29, 1.82) is 0 Å². The molecule has 3 rings (SSSR count). The number of hydrogen-bond acceptors (Lipinski definition) is 19. The number of aliphatic hydroxyl groups excluding tert-OH is 6. The van der Waals surface area contributed by atoms with E-state index < -0.39 is 137 Å². The van der Waals surface area contributed by atoms with Gasteiger partial charge in [-0.2, -0.15) is 0 Å².